The molecule has 0 aliphatic rings. The molecule has 1 N–H and O–H groups in total. The maximum atomic E-state index is 12.1. The first-order chi connectivity index (χ1) is 13.6. The van der Waals surface area contributed by atoms with Gasteiger partial charge in [-0.15, -0.1) is 11.3 Å². The van der Waals surface area contributed by atoms with Crippen molar-refractivity contribution in [1.29, 1.82) is 0 Å². The largest absolute Gasteiger partial charge is 0.374 e. The molecule has 1 aromatic heterocycles. The first-order valence-corrected chi connectivity index (χ1v) is 10.9. The van der Waals surface area contributed by atoms with Crippen molar-refractivity contribution >= 4 is 33.2 Å². The zero-order valence-corrected chi connectivity index (χ0v) is 18.1. The number of thiazole rings is 1. The smallest absolute Gasteiger partial charge is 0.226 e. The van der Waals surface area contributed by atoms with Crippen molar-refractivity contribution in [3.8, 4) is 10.6 Å². The molecule has 0 aliphatic carbocycles. The van der Waals surface area contributed by atoms with E-state index in [4.69, 9.17) is 4.74 Å². The van der Waals surface area contributed by atoms with Gasteiger partial charge in [0.05, 0.1) is 18.2 Å². The third-order valence-corrected chi connectivity index (χ3v) is 5.68. The summed E-state index contributed by atoms with van der Waals surface area (Å²) in [6.07, 6.45) is 1.14. The molecule has 2 aromatic carbocycles. The number of ether oxygens (including phenoxy) is 1. The van der Waals surface area contributed by atoms with E-state index in [0.717, 1.165) is 32.7 Å². The van der Waals surface area contributed by atoms with Gasteiger partial charge in [0.25, 0.3) is 0 Å². The fraction of sp³-hybridized carbons (Fsp3) is 0.273. The van der Waals surface area contributed by atoms with Crippen molar-refractivity contribution in [2.24, 2.45) is 0 Å². The van der Waals surface area contributed by atoms with E-state index in [1.807, 2.05) is 54.8 Å². The number of nitrogens with zero attached hydrogens (tertiary/aromatic N) is 1. The third-order valence-electron chi connectivity index (χ3n) is 4.25. The Morgan fingerprint density at radius 3 is 2.82 bits per heavy atom. The van der Waals surface area contributed by atoms with Crippen molar-refractivity contribution in [2.45, 2.75) is 25.9 Å². The summed E-state index contributed by atoms with van der Waals surface area (Å²) in [7, 11) is 0. The lowest BCUT2D eigenvalue weighted by atomic mass is 10.1. The molecule has 0 bridgehead atoms. The Morgan fingerprint density at radius 2 is 2.04 bits per heavy atom. The molecule has 3 rings (SSSR count). The normalized spacial score (nSPS) is 11.9. The molecule has 0 radical (unpaired) electrons. The molecule has 0 saturated heterocycles. The molecule has 146 valence electrons. The highest BCUT2D eigenvalue weighted by Gasteiger charge is 2.09. The molecule has 0 spiro atoms. The van der Waals surface area contributed by atoms with Crippen molar-refractivity contribution < 1.29 is 9.53 Å². The number of carbonyl (C=O) groups is 1. The van der Waals surface area contributed by atoms with Crippen LogP contribution in [0.4, 0.5) is 0 Å². The Balaban J connectivity index is 1.37. The minimum absolute atomic E-state index is 0.0119. The highest BCUT2D eigenvalue weighted by Crippen LogP contribution is 2.26. The van der Waals surface area contributed by atoms with Crippen LogP contribution in [0, 0.1) is 0 Å². The van der Waals surface area contributed by atoms with Crippen LogP contribution < -0.4 is 5.32 Å². The lowest BCUT2D eigenvalue weighted by Gasteiger charge is -2.13. The number of hydrogen-bond donors (Lipinski definition) is 1. The van der Waals surface area contributed by atoms with Gasteiger partial charge in [0.1, 0.15) is 5.01 Å². The topological polar surface area (TPSA) is 51.2 Å². The predicted molar refractivity (Wildman–Crippen MR) is 117 cm³/mol. The van der Waals surface area contributed by atoms with E-state index in [2.05, 4.69) is 38.4 Å². The fourth-order valence-electron chi connectivity index (χ4n) is 2.75. The van der Waals surface area contributed by atoms with Crippen molar-refractivity contribution in [3.63, 3.8) is 0 Å². The molecule has 3 aromatic rings. The van der Waals surface area contributed by atoms with Crippen LogP contribution >= 0.6 is 27.3 Å². The molecule has 28 heavy (non-hydrogen) atoms. The second-order valence-electron chi connectivity index (χ2n) is 6.46. The number of rotatable bonds is 9. The lowest BCUT2D eigenvalue weighted by Crippen LogP contribution is -2.27. The van der Waals surface area contributed by atoms with Gasteiger partial charge >= 0.3 is 0 Å². The lowest BCUT2D eigenvalue weighted by molar-refractivity contribution is -0.120. The fourth-order valence-corrected chi connectivity index (χ4v) is 3.97. The Bertz CT molecular complexity index is 898. The number of carbonyl (C=O) groups excluding carboxylic acids is 1. The SMILES string of the molecule is CC(OCCCNC(=O)Cc1csc(-c2cccc(Br)c2)n1)c1ccccc1. The van der Waals surface area contributed by atoms with E-state index in [1.165, 1.54) is 0 Å². The number of halogens is 1. The Kier molecular flexibility index (Phi) is 7.77. The maximum Gasteiger partial charge on any atom is 0.226 e. The monoisotopic (exact) mass is 458 g/mol. The second-order valence-corrected chi connectivity index (χ2v) is 8.23. The molecule has 1 atom stereocenters. The Hall–Kier alpha value is -2.02. The van der Waals surface area contributed by atoms with E-state index < -0.39 is 0 Å². The Morgan fingerprint density at radius 1 is 1.21 bits per heavy atom. The molecular weight excluding hydrogens is 436 g/mol. The van der Waals surface area contributed by atoms with Gasteiger partial charge < -0.3 is 10.1 Å². The van der Waals surface area contributed by atoms with Gasteiger partial charge in [-0.2, -0.15) is 0 Å². The standard InChI is InChI=1S/C22H23BrN2O2S/c1-16(17-7-3-2-4-8-17)27-12-6-11-24-21(26)14-20-15-28-22(25-20)18-9-5-10-19(23)13-18/h2-5,7-10,13,15-16H,6,11-12,14H2,1H3,(H,24,26). The summed E-state index contributed by atoms with van der Waals surface area (Å²) in [6, 6.07) is 18.1. The summed E-state index contributed by atoms with van der Waals surface area (Å²) in [5, 5.41) is 5.81. The maximum absolute atomic E-state index is 12.1. The van der Waals surface area contributed by atoms with E-state index in [-0.39, 0.29) is 12.0 Å². The molecule has 1 unspecified atom stereocenters. The summed E-state index contributed by atoms with van der Waals surface area (Å²) < 4.78 is 6.84. The molecule has 1 amide bonds. The molecular formula is C22H23BrN2O2S. The number of benzene rings is 2. The molecule has 0 saturated carbocycles. The quantitative estimate of drug-likeness (QED) is 0.436. The summed E-state index contributed by atoms with van der Waals surface area (Å²) in [5.74, 6) is -0.0119. The van der Waals surface area contributed by atoms with Crippen LogP contribution in [0.2, 0.25) is 0 Å². The third kappa shape index (κ3) is 6.26. The average molecular weight is 459 g/mol. The van der Waals surface area contributed by atoms with E-state index in [1.54, 1.807) is 11.3 Å². The van der Waals surface area contributed by atoms with Gasteiger partial charge in [-0.25, -0.2) is 4.98 Å². The van der Waals surface area contributed by atoms with Crippen LogP contribution in [0.25, 0.3) is 10.6 Å². The van der Waals surface area contributed by atoms with Crippen LogP contribution in [0.1, 0.15) is 30.7 Å². The first-order valence-electron chi connectivity index (χ1n) is 9.25. The summed E-state index contributed by atoms with van der Waals surface area (Å²) >= 11 is 5.03. The van der Waals surface area contributed by atoms with Crippen molar-refractivity contribution in [3.05, 3.63) is 75.7 Å². The van der Waals surface area contributed by atoms with Crippen LogP contribution in [-0.4, -0.2) is 24.0 Å². The van der Waals surface area contributed by atoms with Gasteiger partial charge in [-0.05, 0) is 31.0 Å². The molecule has 0 fully saturated rings. The number of hydrogen-bond acceptors (Lipinski definition) is 4. The molecule has 0 aliphatic heterocycles. The summed E-state index contributed by atoms with van der Waals surface area (Å²) in [6.45, 7) is 3.25. The second kappa shape index (κ2) is 10.5. The van der Waals surface area contributed by atoms with Crippen molar-refractivity contribution in [1.82, 2.24) is 10.3 Å². The van der Waals surface area contributed by atoms with Crippen LogP contribution in [-0.2, 0) is 16.0 Å². The molecule has 6 heteroatoms. The molecule has 1 heterocycles. The Labute approximate surface area is 178 Å². The number of nitrogens with one attached hydrogen (secondary N) is 1. The number of amides is 1. The van der Waals surface area contributed by atoms with Gasteiger partial charge in [0.2, 0.25) is 5.91 Å². The highest BCUT2D eigenvalue weighted by atomic mass is 79.9. The van der Waals surface area contributed by atoms with Gasteiger partial charge in [-0.3, -0.25) is 4.79 Å². The van der Waals surface area contributed by atoms with Gasteiger partial charge in [-0.1, -0.05) is 58.4 Å². The zero-order valence-electron chi connectivity index (χ0n) is 15.7. The van der Waals surface area contributed by atoms with Gasteiger partial charge in [0.15, 0.2) is 0 Å². The minimum Gasteiger partial charge on any atom is -0.374 e. The van der Waals surface area contributed by atoms with Crippen LogP contribution in [0.3, 0.4) is 0 Å². The zero-order chi connectivity index (χ0) is 19.8. The van der Waals surface area contributed by atoms with E-state index >= 15 is 0 Å². The first kappa shape index (κ1) is 20.7. The molecule has 4 nitrogen and oxygen atoms in total. The highest BCUT2D eigenvalue weighted by molar-refractivity contribution is 9.10. The van der Waals surface area contributed by atoms with Crippen LogP contribution in [0.15, 0.2) is 64.5 Å². The van der Waals surface area contributed by atoms with Crippen molar-refractivity contribution in [2.75, 3.05) is 13.2 Å². The van der Waals surface area contributed by atoms with E-state index in [9.17, 15) is 4.79 Å². The minimum atomic E-state index is -0.0119. The predicted octanol–water partition coefficient (Wildman–Crippen LogP) is 5.40. The van der Waals surface area contributed by atoms with Crippen LogP contribution in [0.5, 0.6) is 0 Å². The number of aromatic nitrogens is 1. The average Bonchev–Trinajstić information content (AvgIpc) is 3.16. The summed E-state index contributed by atoms with van der Waals surface area (Å²) in [5.41, 5.74) is 3.01. The van der Waals surface area contributed by atoms with E-state index in [0.29, 0.717) is 19.6 Å². The van der Waals surface area contributed by atoms with Gasteiger partial charge in [0, 0.05) is 28.6 Å². The summed E-state index contributed by atoms with van der Waals surface area (Å²) in [4.78, 5) is 16.7.